The molecule has 0 bridgehead atoms. The number of methoxy groups -OCH3 is 1. The van der Waals surface area contributed by atoms with Gasteiger partial charge < -0.3 is 19.7 Å². The number of nitrogens with zero attached hydrogens (tertiary/aromatic N) is 2. The van der Waals surface area contributed by atoms with Gasteiger partial charge in [0, 0.05) is 7.11 Å². The van der Waals surface area contributed by atoms with Crippen molar-refractivity contribution in [1.82, 2.24) is 4.91 Å². The molecule has 0 aliphatic carbocycles. The predicted molar refractivity (Wildman–Crippen MR) is 44.4 cm³/mol. The molecule has 0 aromatic carbocycles. The van der Waals surface area contributed by atoms with E-state index in [0.717, 1.165) is 0 Å². The van der Waals surface area contributed by atoms with E-state index in [1.807, 2.05) is 0 Å². The molecule has 5 unspecified atom stereocenters. The van der Waals surface area contributed by atoms with Crippen LogP contribution in [-0.2, 0) is 9.47 Å². The predicted octanol–water partition coefficient (Wildman–Crippen LogP) is -0.982. The number of hydrogen-bond donors (Lipinski definition) is 3. The van der Waals surface area contributed by atoms with E-state index in [9.17, 15) is 10.2 Å². The smallest absolute Gasteiger partial charge is 0.214 e. The summed E-state index contributed by atoms with van der Waals surface area (Å²) < 4.78 is 10.0. The normalized spacial score (nSPS) is 43.0. The zero-order valence-electron chi connectivity index (χ0n) is 7.99. The maximum Gasteiger partial charge on any atom is 0.214 e. The third kappa shape index (κ3) is 1.97. The van der Waals surface area contributed by atoms with Crippen molar-refractivity contribution in [1.29, 1.82) is 5.53 Å². The van der Waals surface area contributed by atoms with Gasteiger partial charge in [-0.05, 0) is 6.92 Å². The highest BCUT2D eigenvalue weighted by atomic mass is 16.7. The van der Waals surface area contributed by atoms with Crippen molar-refractivity contribution in [2.75, 3.05) is 7.11 Å². The fraction of sp³-hybridized carbons (Fsp3) is 1.00. The Morgan fingerprint density at radius 1 is 1.43 bits per heavy atom. The number of hydrogen-bond acceptors (Lipinski definition) is 6. The van der Waals surface area contributed by atoms with Crippen LogP contribution in [-0.4, -0.2) is 48.0 Å². The van der Waals surface area contributed by atoms with Crippen molar-refractivity contribution in [3.63, 3.8) is 0 Å². The van der Waals surface area contributed by atoms with Gasteiger partial charge in [-0.3, -0.25) is 0 Å². The number of rotatable bonds is 2. The molecule has 5 atom stereocenters. The zero-order chi connectivity index (χ0) is 10.7. The van der Waals surface area contributed by atoms with Crippen LogP contribution in [0.1, 0.15) is 6.92 Å². The van der Waals surface area contributed by atoms with Gasteiger partial charge in [0.25, 0.3) is 0 Å². The standard InChI is InChI=1S/C7H14N3O4/c1-3-4(9-10-8)5(11)6(12)7(13-2)14-3/h3-8,11-12H,1-2H3/q+1. The highest BCUT2D eigenvalue weighted by Gasteiger charge is 2.45. The molecule has 7 heteroatoms. The Bertz CT molecular complexity index is 243. The van der Waals surface area contributed by atoms with Crippen molar-refractivity contribution in [2.24, 2.45) is 5.11 Å². The van der Waals surface area contributed by atoms with Gasteiger partial charge in [0.05, 0.1) is 6.10 Å². The second kappa shape index (κ2) is 4.59. The van der Waals surface area contributed by atoms with Crippen LogP contribution in [0.5, 0.6) is 0 Å². The van der Waals surface area contributed by atoms with E-state index < -0.39 is 30.6 Å². The number of ether oxygens (including phenoxy) is 2. The fourth-order valence-electron chi connectivity index (χ4n) is 1.44. The Labute approximate surface area is 80.9 Å². The summed E-state index contributed by atoms with van der Waals surface area (Å²) >= 11 is 0. The first-order valence-corrected chi connectivity index (χ1v) is 4.22. The summed E-state index contributed by atoms with van der Waals surface area (Å²) in [5.74, 6) is 0. The molecule has 14 heavy (non-hydrogen) atoms. The molecular formula is C7H14N3O4+. The van der Waals surface area contributed by atoms with Gasteiger partial charge in [-0.2, -0.15) is 0 Å². The second-order valence-electron chi connectivity index (χ2n) is 3.13. The van der Waals surface area contributed by atoms with Crippen molar-refractivity contribution < 1.29 is 19.7 Å². The zero-order valence-corrected chi connectivity index (χ0v) is 7.99. The summed E-state index contributed by atoms with van der Waals surface area (Å²) in [6.07, 6.45) is -3.62. The molecule has 0 saturated carbocycles. The molecule has 0 aromatic heterocycles. The molecule has 1 aliphatic heterocycles. The Balaban J connectivity index is 2.78. The van der Waals surface area contributed by atoms with Crippen LogP contribution in [0, 0.1) is 5.53 Å². The summed E-state index contributed by atoms with van der Waals surface area (Å²) in [6.45, 7) is 1.67. The molecule has 1 aliphatic rings. The van der Waals surface area contributed by atoms with Crippen molar-refractivity contribution in [3.8, 4) is 0 Å². The van der Waals surface area contributed by atoms with E-state index in [1.165, 1.54) is 7.11 Å². The summed E-state index contributed by atoms with van der Waals surface area (Å²) in [6, 6.07) is -0.728. The molecular weight excluding hydrogens is 190 g/mol. The van der Waals surface area contributed by atoms with Gasteiger partial charge >= 0.3 is 0 Å². The van der Waals surface area contributed by atoms with Gasteiger partial charge in [0.1, 0.15) is 22.9 Å². The lowest BCUT2D eigenvalue weighted by Gasteiger charge is -2.36. The topological polar surface area (TPSA) is 109 Å². The van der Waals surface area contributed by atoms with E-state index in [-0.39, 0.29) is 0 Å². The summed E-state index contributed by atoms with van der Waals surface area (Å²) in [7, 11) is 1.37. The van der Waals surface area contributed by atoms with Crippen LogP contribution in [0.3, 0.4) is 0 Å². The lowest BCUT2D eigenvalue weighted by molar-refractivity contribution is -0.260. The first kappa shape index (κ1) is 11.2. The monoisotopic (exact) mass is 204 g/mol. The van der Waals surface area contributed by atoms with E-state index in [0.29, 0.717) is 0 Å². The van der Waals surface area contributed by atoms with Crippen LogP contribution in [0.25, 0.3) is 0 Å². The second-order valence-corrected chi connectivity index (χ2v) is 3.13. The van der Waals surface area contributed by atoms with Gasteiger partial charge in [0.2, 0.25) is 4.91 Å². The number of nitrogens with one attached hydrogen (secondary N) is 1. The first-order valence-electron chi connectivity index (χ1n) is 4.22. The van der Waals surface area contributed by atoms with Gasteiger partial charge in [-0.25, -0.2) is 0 Å². The third-order valence-electron chi connectivity index (χ3n) is 2.23. The van der Waals surface area contributed by atoms with Gasteiger partial charge in [-0.15, -0.1) is 0 Å². The average molecular weight is 204 g/mol. The summed E-state index contributed by atoms with van der Waals surface area (Å²) in [4.78, 5) is 2.83. The van der Waals surface area contributed by atoms with Gasteiger partial charge in [-0.1, -0.05) is 0 Å². The average Bonchev–Trinajstić information content (AvgIpc) is 2.18. The molecule has 80 valence electrons. The Hall–Kier alpha value is -0.850. The molecule has 7 nitrogen and oxygen atoms in total. The van der Waals surface area contributed by atoms with Crippen LogP contribution in [0.15, 0.2) is 5.11 Å². The van der Waals surface area contributed by atoms with Crippen molar-refractivity contribution >= 4 is 0 Å². The maximum absolute atomic E-state index is 9.59. The lowest BCUT2D eigenvalue weighted by Crippen LogP contribution is -2.56. The van der Waals surface area contributed by atoms with E-state index in [1.54, 1.807) is 6.92 Å². The fourth-order valence-corrected chi connectivity index (χ4v) is 1.44. The van der Waals surface area contributed by atoms with Crippen LogP contribution >= 0.6 is 0 Å². The molecule has 1 rings (SSSR count). The molecule has 1 heterocycles. The number of aliphatic hydroxyl groups is 2. The van der Waals surface area contributed by atoms with Crippen LogP contribution in [0.2, 0.25) is 0 Å². The molecule has 0 spiro atoms. The quantitative estimate of drug-likeness (QED) is 0.396. The maximum atomic E-state index is 9.59. The molecule has 3 N–H and O–H groups in total. The third-order valence-corrected chi connectivity index (χ3v) is 2.23. The van der Waals surface area contributed by atoms with Gasteiger partial charge in [0.15, 0.2) is 12.3 Å². The summed E-state index contributed by atoms with van der Waals surface area (Å²) in [5.41, 5.74) is 6.56. The minimum absolute atomic E-state index is 0.451. The van der Waals surface area contributed by atoms with Crippen LogP contribution < -0.4 is 4.91 Å². The molecule has 1 saturated heterocycles. The minimum Gasteiger partial charge on any atom is -0.388 e. The molecule has 0 aromatic rings. The van der Waals surface area contributed by atoms with E-state index in [4.69, 9.17) is 15.0 Å². The Kier molecular flexibility index (Phi) is 3.68. The SMILES string of the molecule is COC1OC(C)C(N=[N+]=N)C(O)C1O. The minimum atomic E-state index is -1.17. The van der Waals surface area contributed by atoms with E-state index in [2.05, 4.69) is 10.0 Å². The van der Waals surface area contributed by atoms with E-state index >= 15 is 0 Å². The Morgan fingerprint density at radius 3 is 2.57 bits per heavy atom. The number of aliphatic hydroxyl groups excluding tert-OH is 2. The van der Waals surface area contributed by atoms with Crippen LogP contribution in [0.4, 0.5) is 0 Å². The molecule has 0 amide bonds. The Morgan fingerprint density at radius 2 is 2.07 bits per heavy atom. The largest absolute Gasteiger partial charge is 0.388 e. The summed E-state index contributed by atoms with van der Waals surface area (Å²) in [5, 5.41) is 22.5. The van der Waals surface area contributed by atoms with Crippen molar-refractivity contribution in [3.05, 3.63) is 0 Å². The first-order chi connectivity index (χ1) is 6.61. The lowest BCUT2D eigenvalue weighted by atomic mass is 9.98. The van der Waals surface area contributed by atoms with Crippen molar-refractivity contribution in [2.45, 2.75) is 37.6 Å². The molecule has 1 fully saturated rings. The molecule has 0 radical (unpaired) electrons. The highest BCUT2D eigenvalue weighted by molar-refractivity contribution is 4.91. The highest BCUT2D eigenvalue weighted by Crippen LogP contribution is 2.23.